The molecule has 0 radical (unpaired) electrons. The van der Waals surface area contributed by atoms with Gasteiger partial charge < -0.3 is 15.8 Å². The highest BCUT2D eigenvalue weighted by Gasteiger charge is 2.00. The van der Waals surface area contributed by atoms with Gasteiger partial charge in [-0.1, -0.05) is 12.1 Å². The van der Waals surface area contributed by atoms with Crippen LogP contribution in [-0.4, -0.2) is 13.7 Å². The minimum Gasteiger partial charge on any atom is -0.497 e. The molecule has 0 aliphatic heterocycles. The number of anilines is 2. The lowest BCUT2D eigenvalue weighted by Crippen LogP contribution is -2.07. The van der Waals surface area contributed by atoms with Gasteiger partial charge in [-0.25, -0.2) is 4.39 Å². The van der Waals surface area contributed by atoms with E-state index in [1.165, 1.54) is 17.7 Å². The van der Waals surface area contributed by atoms with Gasteiger partial charge in [0.25, 0.3) is 0 Å². The highest BCUT2D eigenvalue weighted by Crippen LogP contribution is 2.19. The number of halogens is 1. The second-order valence-electron chi connectivity index (χ2n) is 4.26. The first-order valence-electron chi connectivity index (χ1n) is 6.11. The van der Waals surface area contributed by atoms with Gasteiger partial charge in [0.05, 0.1) is 18.5 Å². The second-order valence-corrected chi connectivity index (χ2v) is 4.26. The fraction of sp³-hybridized carbons (Fsp3) is 0.200. The summed E-state index contributed by atoms with van der Waals surface area (Å²) in [6.07, 6.45) is 0.862. The average molecular weight is 260 g/mol. The van der Waals surface area contributed by atoms with E-state index < -0.39 is 0 Å². The lowest BCUT2D eigenvalue weighted by atomic mass is 10.1. The fourth-order valence-electron chi connectivity index (χ4n) is 1.83. The van der Waals surface area contributed by atoms with Gasteiger partial charge in [-0.05, 0) is 42.3 Å². The highest BCUT2D eigenvalue weighted by atomic mass is 19.1. The summed E-state index contributed by atoms with van der Waals surface area (Å²) in [6, 6.07) is 12.3. The zero-order valence-electron chi connectivity index (χ0n) is 10.8. The molecule has 2 aromatic rings. The number of methoxy groups -OCH3 is 1. The van der Waals surface area contributed by atoms with Crippen LogP contribution in [0.1, 0.15) is 5.56 Å². The molecule has 0 amide bonds. The molecule has 0 aromatic heterocycles. The molecule has 4 heteroatoms. The zero-order valence-corrected chi connectivity index (χ0v) is 10.8. The molecule has 0 saturated heterocycles. The molecule has 0 unspecified atom stereocenters. The number of ether oxygens (including phenoxy) is 1. The molecule has 3 N–H and O–H groups in total. The molecule has 0 fully saturated rings. The number of nitrogens with one attached hydrogen (secondary N) is 1. The quantitative estimate of drug-likeness (QED) is 0.812. The van der Waals surface area contributed by atoms with Crippen molar-refractivity contribution >= 4 is 11.4 Å². The van der Waals surface area contributed by atoms with Crippen molar-refractivity contribution in [2.75, 3.05) is 24.7 Å². The van der Waals surface area contributed by atoms with Gasteiger partial charge in [-0.3, -0.25) is 0 Å². The Hall–Kier alpha value is -2.23. The topological polar surface area (TPSA) is 47.3 Å². The van der Waals surface area contributed by atoms with Crippen molar-refractivity contribution in [2.24, 2.45) is 0 Å². The standard InChI is InChI=1S/C15H17FN2O/c1-19-13-5-2-11(3-6-13)8-9-18-15-7-4-12(16)10-14(15)17/h2-7,10,18H,8-9,17H2,1H3. The molecule has 2 rings (SSSR count). The van der Waals surface area contributed by atoms with Crippen LogP contribution in [0.25, 0.3) is 0 Å². The Balaban J connectivity index is 1.88. The van der Waals surface area contributed by atoms with Crippen molar-refractivity contribution in [3.05, 3.63) is 53.8 Å². The van der Waals surface area contributed by atoms with Gasteiger partial charge in [0.15, 0.2) is 0 Å². The molecule has 0 saturated carbocycles. The van der Waals surface area contributed by atoms with E-state index in [9.17, 15) is 4.39 Å². The number of nitrogen functional groups attached to an aromatic ring is 1. The van der Waals surface area contributed by atoms with Gasteiger partial charge in [0.2, 0.25) is 0 Å². The minimum atomic E-state index is -0.321. The monoisotopic (exact) mass is 260 g/mol. The second kappa shape index (κ2) is 6.09. The molecular weight excluding hydrogens is 243 g/mol. The molecule has 3 nitrogen and oxygen atoms in total. The van der Waals surface area contributed by atoms with E-state index in [4.69, 9.17) is 10.5 Å². The molecule has 0 bridgehead atoms. The van der Waals surface area contributed by atoms with Crippen molar-refractivity contribution in [3.8, 4) is 5.75 Å². The lowest BCUT2D eigenvalue weighted by Gasteiger charge is -2.09. The normalized spacial score (nSPS) is 10.2. The third-order valence-corrected chi connectivity index (χ3v) is 2.90. The maximum atomic E-state index is 12.9. The maximum absolute atomic E-state index is 12.9. The van der Waals surface area contributed by atoms with E-state index in [0.717, 1.165) is 24.4 Å². The molecule has 0 heterocycles. The molecule has 100 valence electrons. The molecular formula is C15H17FN2O. The van der Waals surface area contributed by atoms with Gasteiger partial charge in [-0.15, -0.1) is 0 Å². The summed E-state index contributed by atoms with van der Waals surface area (Å²) in [6.45, 7) is 0.738. The minimum absolute atomic E-state index is 0.321. The van der Waals surface area contributed by atoms with E-state index in [0.29, 0.717) is 5.69 Å². The third kappa shape index (κ3) is 3.61. The molecule has 0 aliphatic carbocycles. The first kappa shape index (κ1) is 13.2. The number of hydrogen-bond acceptors (Lipinski definition) is 3. The van der Waals surface area contributed by atoms with Crippen LogP contribution in [0.15, 0.2) is 42.5 Å². The van der Waals surface area contributed by atoms with E-state index in [1.54, 1.807) is 13.2 Å². The van der Waals surface area contributed by atoms with Crippen LogP contribution in [0, 0.1) is 5.82 Å². The lowest BCUT2D eigenvalue weighted by molar-refractivity contribution is 0.414. The Labute approximate surface area is 112 Å². The molecule has 0 spiro atoms. The van der Waals surface area contributed by atoms with E-state index >= 15 is 0 Å². The number of nitrogens with two attached hydrogens (primary N) is 1. The Morgan fingerprint density at radius 2 is 1.89 bits per heavy atom. The summed E-state index contributed by atoms with van der Waals surface area (Å²) in [5.41, 5.74) is 8.11. The Morgan fingerprint density at radius 1 is 1.16 bits per heavy atom. The van der Waals surface area contributed by atoms with Gasteiger partial charge in [0, 0.05) is 6.54 Å². The van der Waals surface area contributed by atoms with Crippen LogP contribution in [0.3, 0.4) is 0 Å². The zero-order chi connectivity index (χ0) is 13.7. The third-order valence-electron chi connectivity index (χ3n) is 2.90. The Kier molecular flexibility index (Phi) is 4.23. The molecule has 2 aromatic carbocycles. The molecule has 0 aliphatic rings. The first-order valence-corrected chi connectivity index (χ1v) is 6.11. The summed E-state index contributed by atoms with van der Waals surface area (Å²) in [7, 11) is 1.65. The summed E-state index contributed by atoms with van der Waals surface area (Å²) >= 11 is 0. The van der Waals surface area contributed by atoms with Gasteiger partial charge in [-0.2, -0.15) is 0 Å². The van der Waals surface area contributed by atoms with Crippen LogP contribution in [0.5, 0.6) is 5.75 Å². The summed E-state index contributed by atoms with van der Waals surface area (Å²) in [5.74, 6) is 0.526. The number of hydrogen-bond donors (Lipinski definition) is 2. The molecule has 19 heavy (non-hydrogen) atoms. The SMILES string of the molecule is COc1ccc(CCNc2ccc(F)cc2N)cc1. The van der Waals surface area contributed by atoms with Crippen molar-refractivity contribution in [1.82, 2.24) is 0 Å². The average Bonchev–Trinajstić information content (AvgIpc) is 2.42. The highest BCUT2D eigenvalue weighted by molar-refractivity contribution is 5.65. The predicted octanol–water partition coefficient (Wildman–Crippen LogP) is 3.07. The van der Waals surface area contributed by atoms with Crippen LogP contribution in [-0.2, 0) is 6.42 Å². The number of rotatable bonds is 5. The molecule has 0 atom stereocenters. The summed E-state index contributed by atoms with van der Waals surface area (Å²) in [4.78, 5) is 0. The predicted molar refractivity (Wildman–Crippen MR) is 76.0 cm³/mol. The van der Waals surface area contributed by atoms with Crippen molar-refractivity contribution < 1.29 is 9.13 Å². The van der Waals surface area contributed by atoms with Crippen LogP contribution >= 0.6 is 0 Å². The summed E-state index contributed by atoms with van der Waals surface area (Å²) in [5, 5.41) is 3.19. The van der Waals surface area contributed by atoms with Crippen LogP contribution in [0.4, 0.5) is 15.8 Å². The van der Waals surface area contributed by atoms with E-state index in [1.807, 2.05) is 24.3 Å². The van der Waals surface area contributed by atoms with Crippen molar-refractivity contribution in [3.63, 3.8) is 0 Å². The van der Waals surface area contributed by atoms with Crippen LogP contribution < -0.4 is 15.8 Å². The van der Waals surface area contributed by atoms with Gasteiger partial charge in [0.1, 0.15) is 11.6 Å². The number of benzene rings is 2. The van der Waals surface area contributed by atoms with E-state index in [2.05, 4.69) is 5.32 Å². The largest absolute Gasteiger partial charge is 0.497 e. The summed E-state index contributed by atoms with van der Waals surface area (Å²) < 4.78 is 18.0. The maximum Gasteiger partial charge on any atom is 0.125 e. The fourth-order valence-corrected chi connectivity index (χ4v) is 1.83. The Morgan fingerprint density at radius 3 is 2.53 bits per heavy atom. The smallest absolute Gasteiger partial charge is 0.125 e. The van der Waals surface area contributed by atoms with Gasteiger partial charge >= 0.3 is 0 Å². The first-order chi connectivity index (χ1) is 9.19. The van der Waals surface area contributed by atoms with Crippen LogP contribution in [0.2, 0.25) is 0 Å². The van der Waals surface area contributed by atoms with Crippen molar-refractivity contribution in [1.29, 1.82) is 0 Å². The van der Waals surface area contributed by atoms with Crippen molar-refractivity contribution in [2.45, 2.75) is 6.42 Å². The van der Waals surface area contributed by atoms with E-state index in [-0.39, 0.29) is 5.82 Å². The Bertz CT molecular complexity index is 540.